The predicted molar refractivity (Wildman–Crippen MR) is 74.6 cm³/mol. The highest BCUT2D eigenvalue weighted by atomic mass is 16.5. The van der Waals surface area contributed by atoms with Crippen LogP contribution in [0.25, 0.3) is 0 Å². The van der Waals surface area contributed by atoms with Gasteiger partial charge in [0.1, 0.15) is 11.9 Å². The number of methoxy groups -OCH3 is 1. The Morgan fingerprint density at radius 3 is 2.85 bits per heavy atom. The van der Waals surface area contributed by atoms with Crippen molar-refractivity contribution >= 4 is 17.7 Å². The van der Waals surface area contributed by atoms with E-state index >= 15 is 0 Å². The number of carbonyl (C=O) groups is 2. The SMILES string of the molecule is COC(=O)C1CCCN1C(=O)c1ccnc(N(C)C)c1. The molecule has 6 heteroatoms. The summed E-state index contributed by atoms with van der Waals surface area (Å²) in [7, 11) is 5.08. The number of carbonyl (C=O) groups excluding carboxylic acids is 2. The molecule has 1 unspecified atom stereocenters. The number of nitrogens with zero attached hydrogens (tertiary/aromatic N) is 3. The van der Waals surface area contributed by atoms with Gasteiger partial charge in [-0.05, 0) is 25.0 Å². The third kappa shape index (κ3) is 2.74. The first-order valence-electron chi connectivity index (χ1n) is 6.56. The van der Waals surface area contributed by atoms with Gasteiger partial charge in [0.05, 0.1) is 7.11 Å². The molecular weight excluding hydrogens is 258 g/mol. The Balaban J connectivity index is 2.22. The van der Waals surface area contributed by atoms with E-state index in [4.69, 9.17) is 4.74 Å². The maximum absolute atomic E-state index is 12.5. The molecule has 1 fully saturated rings. The van der Waals surface area contributed by atoms with E-state index < -0.39 is 6.04 Å². The van der Waals surface area contributed by atoms with E-state index in [0.29, 0.717) is 24.3 Å². The number of esters is 1. The molecule has 0 radical (unpaired) electrons. The number of likely N-dealkylation sites (tertiary alicyclic amines) is 1. The molecule has 0 N–H and O–H groups in total. The molecule has 0 spiro atoms. The van der Waals surface area contributed by atoms with Gasteiger partial charge in [-0.1, -0.05) is 0 Å². The van der Waals surface area contributed by atoms with E-state index in [1.165, 1.54) is 7.11 Å². The van der Waals surface area contributed by atoms with Gasteiger partial charge in [-0.15, -0.1) is 0 Å². The van der Waals surface area contributed by atoms with Gasteiger partial charge in [0.25, 0.3) is 5.91 Å². The molecule has 6 nitrogen and oxygen atoms in total. The predicted octanol–water partition coefficient (Wildman–Crippen LogP) is 0.925. The van der Waals surface area contributed by atoms with Crippen molar-refractivity contribution in [3.8, 4) is 0 Å². The van der Waals surface area contributed by atoms with Crippen LogP contribution in [0, 0.1) is 0 Å². The fourth-order valence-electron chi connectivity index (χ4n) is 2.35. The van der Waals surface area contributed by atoms with Crippen LogP contribution >= 0.6 is 0 Å². The van der Waals surface area contributed by atoms with Crippen LogP contribution in [-0.2, 0) is 9.53 Å². The third-order valence-electron chi connectivity index (χ3n) is 3.44. The highest BCUT2D eigenvalue weighted by Gasteiger charge is 2.35. The zero-order valence-electron chi connectivity index (χ0n) is 12.0. The molecule has 0 saturated carbocycles. The molecule has 0 bridgehead atoms. The summed E-state index contributed by atoms with van der Waals surface area (Å²) in [6, 6.07) is 2.93. The van der Waals surface area contributed by atoms with Gasteiger partial charge in [-0.25, -0.2) is 9.78 Å². The fraction of sp³-hybridized carbons (Fsp3) is 0.500. The smallest absolute Gasteiger partial charge is 0.328 e. The van der Waals surface area contributed by atoms with E-state index in [2.05, 4.69) is 4.98 Å². The van der Waals surface area contributed by atoms with E-state index in [9.17, 15) is 9.59 Å². The minimum Gasteiger partial charge on any atom is -0.467 e. The monoisotopic (exact) mass is 277 g/mol. The van der Waals surface area contributed by atoms with Crippen molar-refractivity contribution in [2.75, 3.05) is 32.6 Å². The van der Waals surface area contributed by atoms with Gasteiger partial charge < -0.3 is 14.5 Å². The molecule has 1 aliphatic heterocycles. The standard InChI is InChI=1S/C14H19N3O3/c1-16(2)12-9-10(6-7-15-12)13(18)17-8-4-5-11(17)14(19)20-3/h6-7,9,11H,4-5,8H2,1-3H3. The summed E-state index contributed by atoms with van der Waals surface area (Å²) >= 11 is 0. The number of ether oxygens (including phenoxy) is 1. The van der Waals surface area contributed by atoms with Crippen LogP contribution < -0.4 is 4.90 Å². The summed E-state index contributed by atoms with van der Waals surface area (Å²) in [4.78, 5) is 31.8. The molecule has 1 saturated heterocycles. The second kappa shape index (κ2) is 5.90. The van der Waals surface area contributed by atoms with Crippen molar-refractivity contribution in [3.05, 3.63) is 23.9 Å². The van der Waals surface area contributed by atoms with Gasteiger partial charge in [0.15, 0.2) is 0 Å². The maximum atomic E-state index is 12.5. The van der Waals surface area contributed by atoms with Crippen molar-refractivity contribution in [1.82, 2.24) is 9.88 Å². The van der Waals surface area contributed by atoms with Crippen molar-refractivity contribution < 1.29 is 14.3 Å². The molecule has 0 aliphatic carbocycles. The molecule has 1 aromatic heterocycles. The van der Waals surface area contributed by atoms with E-state index in [-0.39, 0.29) is 11.9 Å². The van der Waals surface area contributed by atoms with Gasteiger partial charge >= 0.3 is 5.97 Å². The van der Waals surface area contributed by atoms with Crippen molar-refractivity contribution in [2.45, 2.75) is 18.9 Å². The molecule has 1 aromatic rings. The van der Waals surface area contributed by atoms with Gasteiger partial charge in [-0.3, -0.25) is 4.79 Å². The summed E-state index contributed by atoms with van der Waals surface area (Å²) in [5.41, 5.74) is 0.541. The topological polar surface area (TPSA) is 62.7 Å². The largest absolute Gasteiger partial charge is 0.467 e. The Bertz CT molecular complexity index is 516. The fourth-order valence-corrected chi connectivity index (χ4v) is 2.35. The Hall–Kier alpha value is -2.11. The lowest BCUT2D eigenvalue weighted by Crippen LogP contribution is -2.41. The Labute approximate surface area is 118 Å². The molecule has 1 atom stereocenters. The number of hydrogen-bond acceptors (Lipinski definition) is 5. The van der Waals surface area contributed by atoms with Crippen molar-refractivity contribution in [1.29, 1.82) is 0 Å². The maximum Gasteiger partial charge on any atom is 0.328 e. The minimum absolute atomic E-state index is 0.150. The third-order valence-corrected chi connectivity index (χ3v) is 3.44. The number of aromatic nitrogens is 1. The first kappa shape index (κ1) is 14.3. The number of amides is 1. The number of pyridine rings is 1. The lowest BCUT2D eigenvalue weighted by Gasteiger charge is -2.23. The normalized spacial score (nSPS) is 17.9. The average molecular weight is 277 g/mol. The minimum atomic E-state index is -0.469. The van der Waals surface area contributed by atoms with E-state index in [0.717, 1.165) is 6.42 Å². The molecule has 2 heterocycles. The van der Waals surface area contributed by atoms with Gasteiger partial charge in [0, 0.05) is 32.4 Å². The zero-order chi connectivity index (χ0) is 14.7. The lowest BCUT2D eigenvalue weighted by molar-refractivity contribution is -0.145. The van der Waals surface area contributed by atoms with Gasteiger partial charge in [-0.2, -0.15) is 0 Å². The summed E-state index contributed by atoms with van der Waals surface area (Å²) in [6.45, 7) is 0.582. The molecule has 1 amide bonds. The molecule has 20 heavy (non-hydrogen) atoms. The summed E-state index contributed by atoms with van der Waals surface area (Å²) < 4.78 is 4.76. The molecular formula is C14H19N3O3. The van der Waals surface area contributed by atoms with Crippen LogP contribution in [0.2, 0.25) is 0 Å². The first-order valence-corrected chi connectivity index (χ1v) is 6.56. The molecule has 2 rings (SSSR count). The van der Waals surface area contributed by atoms with E-state index in [1.807, 2.05) is 19.0 Å². The van der Waals surface area contributed by atoms with Crippen LogP contribution in [0.4, 0.5) is 5.82 Å². The number of hydrogen-bond donors (Lipinski definition) is 0. The molecule has 1 aliphatic rings. The summed E-state index contributed by atoms with van der Waals surface area (Å²) in [5.74, 6) is 0.214. The Morgan fingerprint density at radius 2 is 2.20 bits per heavy atom. The molecule has 108 valence electrons. The average Bonchev–Trinajstić information content (AvgIpc) is 2.95. The van der Waals surface area contributed by atoms with Crippen LogP contribution in [-0.4, -0.2) is 55.6 Å². The highest BCUT2D eigenvalue weighted by molar-refractivity contribution is 5.97. The Kier molecular flexibility index (Phi) is 4.22. The van der Waals surface area contributed by atoms with E-state index in [1.54, 1.807) is 23.2 Å². The second-order valence-corrected chi connectivity index (χ2v) is 4.98. The quantitative estimate of drug-likeness (QED) is 0.769. The first-order chi connectivity index (χ1) is 9.54. The zero-order valence-corrected chi connectivity index (χ0v) is 12.0. The van der Waals surface area contributed by atoms with Crippen LogP contribution in [0.3, 0.4) is 0 Å². The van der Waals surface area contributed by atoms with Crippen LogP contribution in [0.5, 0.6) is 0 Å². The van der Waals surface area contributed by atoms with Crippen molar-refractivity contribution in [2.24, 2.45) is 0 Å². The van der Waals surface area contributed by atoms with Gasteiger partial charge in [0.2, 0.25) is 0 Å². The van der Waals surface area contributed by atoms with Crippen LogP contribution in [0.1, 0.15) is 23.2 Å². The lowest BCUT2D eigenvalue weighted by atomic mass is 10.2. The summed E-state index contributed by atoms with van der Waals surface area (Å²) in [6.07, 6.45) is 3.08. The Morgan fingerprint density at radius 1 is 1.45 bits per heavy atom. The van der Waals surface area contributed by atoms with Crippen LogP contribution in [0.15, 0.2) is 18.3 Å². The number of rotatable bonds is 3. The summed E-state index contributed by atoms with van der Waals surface area (Å²) in [5, 5.41) is 0. The molecule has 0 aromatic carbocycles. The number of anilines is 1. The van der Waals surface area contributed by atoms with Crippen molar-refractivity contribution in [3.63, 3.8) is 0 Å². The second-order valence-electron chi connectivity index (χ2n) is 4.98. The highest BCUT2D eigenvalue weighted by Crippen LogP contribution is 2.22.